The molecule has 2 atom stereocenters. The highest BCUT2D eigenvalue weighted by atomic mass is 14.4. The summed E-state index contributed by atoms with van der Waals surface area (Å²) in [6.07, 6.45) is 22.7. The van der Waals surface area contributed by atoms with E-state index in [0.29, 0.717) is 5.92 Å². The van der Waals surface area contributed by atoms with E-state index in [1.54, 1.807) is 0 Å². The average Bonchev–Trinajstić information content (AvgIpc) is 3.15. The van der Waals surface area contributed by atoms with Crippen molar-refractivity contribution in [2.45, 2.75) is 71.6 Å². The van der Waals surface area contributed by atoms with Crippen molar-refractivity contribution < 1.29 is 0 Å². The van der Waals surface area contributed by atoms with Crippen molar-refractivity contribution in [1.82, 2.24) is 0 Å². The molecule has 0 saturated heterocycles. The van der Waals surface area contributed by atoms with Crippen LogP contribution in [0.15, 0.2) is 30.9 Å². The molecule has 2 rings (SSSR count). The Kier molecular flexibility index (Phi) is 7.25. The highest BCUT2D eigenvalue weighted by molar-refractivity contribution is 5.75. The molecule has 0 aliphatic heterocycles. The van der Waals surface area contributed by atoms with Crippen LogP contribution in [-0.4, -0.2) is 0 Å². The summed E-state index contributed by atoms with van der Waals surface area (Å²) >= 11 is 0. The molecule has 0 heteroatoms. The van der Waals surface area contributed by atoms with Crippen LogP contribution in [0.5, 0.6) is 0 Å². The standard InChI is InChI=1S/C30H34/c1-11-20(4)14-15-22(6)28-25(9)23(7)24(8)26(10)29(28)30(13-3)17-16-27(19-30)18-21(5)12-2/h1-3,27H,4-6,14-19H2,7-10H3. The van der Waals surface area contributed by atoms with E-state index in [4.69, 9.17) is 19.3 Å². The molecule has 0 bridgehead atoms. The van der Waals surface area contributed by atoms with Crippen molar-refractivity contribution >= 4 is 5.57 Å². The van der Waals surface area contributed by atoms with Gasteiger partial charge in [-0.2, -0.15) is 0 Å². The molecule has 30 heavy (non-hydrogen) atoms. The molecule has 1 fully saturated rings. The predicted molar refractivity (Wildman–Crippen MR) is 132 cm³/mol. The maximum Gasteiger partial charge on any atom is 0.0571 e. The van der Waals surface area contributed by atoms with E-state index in [-0.39, 0.29) is 5.41 Å². The smallest absolute Gasteiger partial charge is 0.0571 e. The van der Waals surface area contributed by atoms with Crippen LogP contribution in [0.25, 0.3) is 5.57 Å². The quantitative estimate of drug-likeness (QED) is 0.431. The van der Waals surface area contributed by atoms with Crippen LogP contribution in [-0.2, 0) is 5.41 Å². The van der Waals surface area contributed by atoms with E-state index in [1.165, 1.54) is 33.4 Å². The first-order valence-corrected chi connectivity index (χ1v) is 10.7. The van der Waals surface area contributed by atoms with Gasteiger partial charge in [0.2, 0.25) is 0 Å². The Morgan fingerprint density at radius 1 is 0.900 bits per heavy atom. The lowest BCUT2D eigenvalue weighted by atomic mass is 9.70. The second kappa shape index (κ2) is 9.29. The van der Waals surface area contributed by atoms with Crippen LogP contribution in [0.1, 0.15) is 71.9 Å². The molecule has 0 spiro atoms. The molecule has 1 aliphatic carbocycles. The lowest BCUT2D eigenvalue weighted by Crippen LogP contribution is -2.25. The largest absolute Gasteiger partial charge is 0.119 e. The minimum Gasteiger partial charge on any atom is -0.119 e. The maximum atomic E-state index is 6.26. The van der Waals surface area contributed by atoms with E-state index in [2.05, 4.69) is 65.2 Å². The Balaban J connectivity index is 2.61. The highest BCUT2D eigenvalue weighted by Gasteiger charge is 2.42. The highest BCUT2D eigenvalue weighted by Crippen LogP contribution is 2.50. The van der Waals surface area contributed by atoms with Crippen LogP contribution < -0.4 is 0 Å². The summed E-state index contributed by atoms with van der Waals surface area (Å²) in [4.78, 5) is 0. The lowest BCUT2D eigenvalue weighted by Gasteiger charge is -2.33. The molecule has 1 aromatic carbocycles. The van der Waals surface area contributed by atoms with E-state index in [1.807, 2.05) is 0 Å². The van der Waals surface area contributed by atoms with Crippen molar-refractivity contribution in [2.24, 2.45) is 5.92 Å². The molecule has 0 aromatic heterocycles. The van der Waals surface area contributed by atoms with Gasteiger partial charge in [-0.05, 0) is 122 Å². The molecule has 0 nitrogen and oxygen atoms in total. The van der Waals surface area contributed by atoms with Gasteiger partial charge in [-0.15, -0.1) is 19.3 Å². The second-order valence-corrected chi connectivity index (χ2v) is 8.89. The van der Waals surface area contributed by atoms with Crippen LogP contribution in [0.2, 0.25) is 0 Å². The van der Waals surface area contributed by atoms with E-state index < -0.39 is 0 Å². The lowest BCUT2D eigenvalue weighted by molar-refractivity contribution is 0.502. The molecular weight excluding hydrogens is 360 g/mol. The van der Waals surface area contributed by atoms with Crippen LogP contribution in [0, 0.1) is 70.6 Å². The third-order valence-corrected chi connectivity index (χ3v) is 7.08. The summed E-state index contributed by atoms with van der Waals surface area (Å²) in [7, 11) is 0. The molecule has 154 valence electrons. The minimum atomic E-state index is -0.297. The van der Waals surface area contributed by atoms with Gasteiger partial charge in [0.15, 0.2) is 0 Å². The first-order valence-electron chi connectivity index (χ1n) is 10.7. The number of terminal acetylenes is 3. The fourth-order valence-corrected chi connectivity index (χ4v) is 5.01. The van der Waals surface area contributed by atoms with Crippen molar-refractivity contribution in [1.29, 1.82) is 0 Å². The molecular formula is C30H34. The Hall–Kier alpha value is -2.88. The van der Waals surface area contributed by atoms with Gasteiger partial charge in [-0.25, -0.2) is 0 Å². The fourth-order valence-electron chi connectivity index (χ4n) is 5.01. The van der Waals surface area contributed by atoms with Crippen LogP contribution in [0.4, 0.5) is 0 Å². The summed E-state index contributed by atoms with van der Waals surface area (Å²) in [6.45, 7) is 21.2. The van der Waals surface area contributed by atoms with Gasteiger partial charge < -0.3 is 0 Å². The molecule has 0 amide bonds. The van der Waals surface area contributed by atoms with Gasteiger partial charge in [0.05, 0.1) is 5.41 Å². The van der Waals surface area contributed by atoms with E-state index in [0.717, 1.165) is 55.2 Å². The van der Waals surface area contributed by atoms with Crippen molar-refractivity contribution in [3.63, 3.8) is 0 Å². The third-order valence-electron chi connectivity index (χ3n) is 7.08. The van der Waals surface area contributed by atoms with Crippen LogP contribution >= 0.6 is 0 Å². The molecule has 0 radical (unpaired) electrons. The van der Waals surface area contributed by atoms with Crippen molar-refractivity contribution in [2.75, 3.05) is 0 Å². The predicted octanol–water partition coefficient (Wildman–Crippen LogP) is 7.15. The van der Waals surface area contributed by atoms with Gasteiger partial charge in [-0.1, -0.05) is 37.5 Å². The van der Waals surface area contributed by atoms with Gasteiger partial charge in [0.25, 0.3) is 0 Å². The average molecular weight is 395 g/mol. The summed E-state index contributed by atoms with van der Waals surface area (Å²) in [5, 5.41) is 0. The van der Waals surface area contributed by atoms with E-state index >= 15 is 0 Å². The topological polar surface area (TPSA) is 0 Å². The van der Waals surface area contributed by atoms with Crippen molar-refractivity contribution in [3.8, 4) is 37.0 Å². The van der Waals surface area contributed by atoms with Crippen LogP contribution in [0.3, 0.4) is 0 Å². The van der Waals surface area contributed by atoms with Crippen molar-refractivity contribution in [3.05, 3.63) is 64.3 Å². The van der Waals surface area contributed by atoms with E-state index in [9.17, 15) is 0 Å². The summed E-state index contributed by atoms with van der Waals surface area (Å²) in [5.41, 5.74) is 10.2. The SMILES string of the molecule is C#CC(=C)CCC(=C)c1c(C)c(C)c(C)c(C)c1C1(C#C)CCC(CC(=C)C#C)C1. The number of rotatable bonds is 7. The third kappa shape index (κ3) is 4.33. The number of hydrogen-bond donors (Lipinski definition) is 0. The minimum absolute atomic E-state index is 0.297. The number of allylic oxidation sites excluding steroid dienone is 3. The summed E-state index contributed by atoms with van der Waals surface area (Å²) in [6, 6.07) is 0. The zero-order chi connectivity index (χ0) is 22.6. The van der Waals surface area contributed by atoms with Gasteiger partial charge in [0, 0.05) is 0 Å². The fraction of sp³-hybridized carbons (Fsp3) is 0.400. The molecule has 1 aromatic rings. The maximum absolute atomic E-state index is 6.26. The zero-order valence-corrected chi connectivity index (χ0v) is 19.2. The monoisotopic (exact) mass is 394 g/mol. The van der Waals surface area contributed by atoms with Gasteiger partial charge in [0.1, 0.15) is 0 Å². The number of benzene rings is 1. The van der Waals surface area contributed by atoms with Gasteiger partial charge in [-0.3, -0.25) is 0 Å². The first kappa shape index (κ1) is 23.4. The zero-order valence-electron chi connectivity index (χ0n) is 19.2. The van der Waals surface area contributed by atoms with Gasteiger partial charge >= 0.3 is 0 Å². The first-order chi connectivity index (χ1) is 14.1. The summed E-state index contributed by atoms with van der Waals surface area (Å²) in [5.74, 6) is 9.03. The summed E-state index contributed by atoms with van der Waals surface area (Å²) < 4.78 is 0. The normalized spacial score (nSPS) is 20.1. The molecule has 2 unspecified atom stereocenters. The Bertz CT molecular complexity index is 1020. The molecule has 1 saturated carbocycles. The Morgan fingerprint density at radius 2 is 1.50 bits per heavy atom. The molecule has 0 heterocycles. The molecule has 0 N–H and O–H groups in total. The second-order valence-electron chi connectivity index (χ2n) is 8.89. The Morgan fingerprint density at radius 3 is 2.07 bits per heavy atom. The number of hydrogen-bond acceptors (Lipinski definition) is 0. The Labute approximate surface area is 184 Å². The molecule has 1 aliphatic rings.